The molecule has 0 saturated carbocycles. The molecular formula is C25H28N2O4. The van der Waals surface area contributed by atoms with E-state index < -0.39 is 0 Å². The highest BCUT2D eigenvalue weighted by Crippen LogP contribution is 2.33. The third kappa shape index (κ3) is 5.34. The van der Waals surface area contributed by atoms with E-state index in [-0.39, 0.29) is 23.3 Å². The molecule has 2 aromatic rings. The lowest BCUT2D eigenvalue weighted by molar-refractivity contribution is 0.101. The van der Waals surface area contributed by atoms with Crippen molar-refractivity contribution in [3.63, 3.8) is 0 Å². The Hall–Kier alpha value is -3.54. The third-order valence-electron chi connectivity index (χ3n) is 5.13. The summed E-state index contributed by atoms with van der Waals surface area (Å²) in [5, 5.41) is 18.1. The maximum absolute atomic E-state index is 11.7. The Morgan fingerprint density at radius 1 is 1.19 bits per heavy atom. The normalized spacial score (nSPS) is 15.3. The number of ether oxygens (including phenoxy) is 2. The van der Waals surface area contributed by atoms with Gasteiger partial charge in [-0.1, -0.05) is 31.6 Å². The molecule has 0 amide bonds. The van der Waals surface area contributed by atoms with Crippen LogP contribution in [0.2, 0.25) is 0 Å². The zero-order valence-electron chi connectivity index (χ0n) is 17.9. The monoisotopic (exact) mass is 420 g/mol. The van der Waals surface area contributed by atoms with Gasteiger partial charge in [0, 0.05) is 11.5 Å². The van der Waals surface area contributed by atoms with Gasteiger partial charge in [-0.2, -0.15) is 0 Å². The van der Waals surface area contributed by atoms with Crippen molar-refractivity contribution in [2.24, 2.45) is 11.7 Å². The Balaban J connectivity index is 1.64. The van der Waals surface area contributed by atoms with Crippen LogP contribution in [-0.2, 0) is 6.42 Å². The number of nitrogen functional groups attached to an aromatic ring is 1. The minimum absolute atomic E-state index is 0.0192. The van der Waals surface area contributed by atoms with Crippen LogP contribution in [0.25, 0.3) is 0 Å². The van der Waals surface area contributed by atoms with Crippen molar-refractivity contribution in [2.45, 2.75) is 33.1 Å². The Kier molecular flexibility index (Phi) is 7.13. The van der Waals surface area contributed by atoms with Crippen molar-refractivity contribution in [2.75, 3.05) is 6.61 Å². The van der Waals surface area contributed by atoms with Crippen LogP contribution in [-0.4, -0.2) is 23.3 Å². The summed E-state index contributed by atoms with van der Waals surface area (Å²) >= 11 is 0. The minimum Gasteiger partial charge on any atom is -0.507 e. The fourth-order valence-corrected chi connectivity index (χ4v) is 3.48. The zero-order valence-corrected chi connectivity index (χ0v) is 17.9. The second kappa shape index (κ2) is 9.98. The van der Waals surface area contributed by atoms with Crippen LogP contribution in [0.4, 0.5) is 0 Å². The molecule has 4 N–H and O–H groups in total. The molecule has 6 nitrogen and oxygen atoms in total. The van der Waals surface area contributed by atoms with Crippen LogP contribution in [0.1, 0.15) is 48.2 Å². The van der Waals surface area contributed by atoms with Crippen LogP contribution in [0.3, 0.4) is 0 Å². The number of rotatable bonds is 9. The third-order valence-corrected chi connectivity index (χ3v) is 5.13. The summed E-state index contributed by atoms with van der Waals surface area (Å²) in [5.74, 6) is 1.82. The van der Waals surface area contributed by atoms with E-state index in [1.54, 1.807) is 24.3 Å². The van der Waals surface area contributed by atoms with Gasteiger partial charge in [-0.05, 0) is 56.2 Å². The van der Waals surface area contributed by atoms with Crippen molar-refractivity contribution in [3.8, 4) is 17.2 Å². The maximum Gasteiger partial charge on any atom is 0.163 e. The lowest BCUT2D eigenvalue weighted by Gasteiger charge is -2.20. The number of phenolic OH excluding ortho intramolecular Hbond substituents is 1. The summed E-state index contributed by atoms with van der Waals surface area (Å²) in [4.78, 5) is 11.7. The lowest BCUT2D eigenvalue weighted by atomic mass is 10.00. The zero-order chi connectivity index (χ0) is 22.4. The number of para-hydroxylation sites is 1. The first kappa shape index (κ1) is 22.2. The van der Waals surface area contributed by atoms with Gasteiger partial charge in [-0.15, -0.1) is 0 Å². The standard InChI is InChI=1S/C25H28N2O4/c1-3-6-20-22(14-13-19(16(2)28)24(20)29)30-15-17-9-11-18(12-10-17)31-23-8-5-4-7-21(23)25(26)27/h4-5,7-9,11-14,17,29H,3,6,10,15H2,1-2H3,(H3,26,27). The fraction of sp³-hybridized carbons (Fsp3) is 0.280. The average Bonchev–Trinajstić information content (AvgIpc) is 2.75. The Labute approximate surface area is 182 Å². The van der Waals surface area contributed by atoms with Gasteiger partial charge < -0.3 is 20.3 Å². The van der Waals surface area contributed by atoms with Gasteiger partial charge in [-0.3, -0.25) is 10.2 Å². The molecule has 0 radical (unpaired) electrons. The van der Waals surface area contributed by atoms with Crippen molar-refractivity contribution in [1.82, 2.24) is 0 Å². The number of nitrogens with two attached hydrogens (primary N) is 1. The SMILES string of the molecule is CCCc1c(OCC2C=CC(Oc3ccccc3C(=N)N)=CC2)ccc(C(C)=O)c1O. The molecule has 0 bridgehead atoms. The van der Waals surface area contributed by atoms with Crippen LogP contribution in [0, 0.1) is 11.3 Å². The molecule has 0 aromatic heterocycles. The summed E-state index contributed by atoms with van der Waals surface area (Å²) < 4.78 is 11.9. The number of amidine groups is 1. The Morgan fingerprint density at radius 3 is 2.61 bits per heavy atom. The number of aromatic hydroxyl groups is 1. The molecule has 1 unspecified atom stereocenters. The van der Waals surface area contributed by atoms with E-state index in [9.17, 15) is 9.90 Å². The topological polar surface area (TPSA) is 106 Å². The molecular weight excluding hydrogens is 392 g/mol. The summed E-state index contributed by atoms with van der Waals surface area (Å²) in [5.41, 5.74) is 7.17. The Morgan fingerprint density at radius 2 is 1.97 bits per heavy atom. The highest BCUT2D eigenvalue weighted by Gasteiger charge is 2.18. The molecule has 162 valence electrons. The van der Waals surface area contributed by atoms with E-state index in [4.69, 9.17) is 20.6 Å². The van der Waals surface area contributed by atoms with Gasteiger partial charge in [0.05, 0.1) is 17.7 Å². The smallest absolute Gasteiger partial charge is 0.163 e. The van der Waals surface area contributed by atoms with E-state index >= 15 is 0 Å². The summed E-state index contributed by atoms with van der Waals surface area (Å²) in [7, 11) is 0. The van der Waals surface area contributed by atoms with E-state index in [2.05, 4.69) is 0 Å². The highest BCUT2D eigenvalue weighted by molar-refractivity contribution is 5.98. The molecule has 0 heterocycles. The van der Waals surface area contributed by atoms with Gasteiger partial charge in [0.25, 0.3) is 0 Å². The van der Waals surface area contributed by atoms with Crippen LogP contribution in [0.15, 0.2) is 60.4 Å². The van der Waals surface area contributed by atoms with Crippen molar-refractivity contribution < 1.29 is 19.4 Å². The predicted molar refractivity (Wildman–Crippen MR) is 121 cm³/mol. The van der Waals surface area contributed by atoms with E-state index in [0.717, 1.165) is 12.8 Å². The number of carbonyl (C=O) groups is 1. The fourth-order valence-electron chi connectivity index (χ4n) is 3.48. The van der Waals surface area contributed by atoms with E-state index in [1.807, 2.05) is 37.3 Å². The summed E-state index contributed by atoms with van der Waals surface area (Å²) in [6, 6.07) is 10.6. The predicted octanol–water partition coefficient (Wildman–Crippen LogP) is 4.75. The highest BCUT2D eigenvalue weighted by atomic mass is 16.5. The number of carbonyl (C=O) groups excluding carboxylic acids is 1. The van der Waals surface area contributed by atoms with Gasteiger partial charge in [0.15, 0.2) is 5.78 Å². The number of hydrogen-bond donors (Lipinski definition) is 3. The number of Topliss-reactive ketones (excluding diaryl/α,β-unsaturated/α-hetero) is 1. The molecule has 0 aliphatic heterocycles. The quantitative estimate of drug-likeness (QED) is 0.308. The molecule has 0 saturated heterocycles. The maximum atomic E-state index is 11.7. The van der Waals surface area contributed by atoms with Crippen LogP contribution < -0.4 is 15.2 Å². The van der Waals surface area contributed by atoms with Gasteiger partial charge in [0.1, 0.15) is 28.8 Å². The molecule has 2 aromatic carbocycles. The summed E-state index contributed by atoms with van der Waals surface area (Å²) in [6.07, 6.45) is 8.09. The second-order valence-corrected chi connectivity index (χ2v) is 7.53. The van der Waals surface area contributed by atoms with E-state index in [0.29, 0.717) is 47.0 Å². The first-order valence-electron chi connectivity index (χ1n) is 10.4. The van der Waals surface area contributed by atoms with Crippen LogP contribution >= 0.6 is 0 Å². The lowest BCUT2D eigenvalue weighted by Crippen LogP contribution is -2.15. The van der Waals surface area contributed by atoms with Crippen molar-refractivity contribution >= 4 is 11.6 Å². The molecule has 0 spiro atoms. The van der Waals surface area contributed by atoms with Crippen molar-refractivity contribution in [3.05, 3.63) is 77.1 Å². The van der Waals surface area contributed by atoms with Crippen molar-refractivity contribution in [1.29, 1.82) is 5.41 Å². The molecule has 31 heavy (non-hydrogen) atoms. The summed E-state index contributed by atoms with van der Waals surface area (Å²) in [6.45, 7) is 3.91. The van der Waals surface area contributed by atoms with E-state index in [1.165, 1.54) is 6.92 Å². The van der Waals surface area contributed by atoms with Gasteiger partial charge >= 0.3 is 0 Å². The number of benzene rings is 2. The number of phenols is 1. The molecule has 1 atom stereocenters. The van der Waals surface area contributed by atoms with Gasteiger partial charge in [-0.25, -0.2) is 0 Å². The Bertz CT molecular complexity index is 1040. The minimum atomic E-state index is -0.166. The van der Waals surface area contributed by atoms with Gasteiger partial charge in [0.2, 0.25) is 0 Å². The molecule has 6 heteroatoms. The van der Waals surface area contributed by atoms with Crippen LogP contribution in [0.5, 0.6) is 17.2 Å². The number of ketones is 1. The molecule has 1 aliphatic carbocycles. The molecule has 3 rings (SSSR count). The first-order valence-corrected chi connectivity index (χ1v) is 10.4. The average molecular weight is 421 g/mol. The first-order chi connectivity index (χ1) is 14.9. The number of allylic oxidation sites excluding steroid dienone is 2. The second-order valence-electron chi connectivity index (χ2n) is 7.53. The largest absolute Gasteiger partial charge is 0.507 e. The number of nitrogens with one attached hydrogen (secondary N) is 1. The molecule has 1 aliphatic rings. The number of hydrogen-bond acceptors (Lipinski definition) is 5. The molecule has 0 fully saturated rings.